The van der Waals surface area contributed by atoms with Gasteiger partial charge < -0.3 is 4.74 Å². The zero-order valence-corrected chi connectivity index (χ0v) is 19.7. The summed E-state index contributed by atoms with van der Waals surface area (Å²) in [6.07, 6.45) is 0. The van der Waals surface area contributed by atoms with Gasteiger partial charge in [-0.3, -0.25) is 19.2 Å². The normalized spacial score (nSPS) is 11.1. The fraction of sp³-hybridized carbons (Fsp3) is 0.200. The number of nitrogens with one attached hydrogen (secondary N) is 1. The first-order valence-corrected chi connectivity index (χ1v) is 12.5. The summed E-state index contributed by atoms with van der Waals surface area (Å²) in [6.45, 7) is 1.32. The molecular weight excluding hydrogens is 472 g/mol. The van der Waals surface area contributed by atoms with E-state index in [4.69, 9.17) is 0 Å². The maximum Gasteiger partial charge on any atom is 0.316 e. The molecule has 0 aliphatic rings. The van der Waals surface area contributed by atoms with Crippen LogP contribution in [0.25, 0.3) is 0 Å². The van der Waals surface area contributed by atoms with Crippen molar-refractivity contribution < 1.29 is 22.7 Å². The number of amides is 1. The molecule has 1 N–H and O–H groups in total. The Morgan fingerprint density at radius 1 is 1.09 bits per heavy atom. The van der Waals surface area contributed by atoms with Gasteiger partial charge >= 0.3 is 5.97 Å². The molecule has 0 spiro atoms. The lowest BCUT2D eigenvalue weighted by atomic mass is 10.2. The number of esters is 1. The van der Waals surface area contributed by atoms with E-state index in [0.717, 1.165) is 27.4 Å². The zero-order valence-electron chi connectivity index (χ0n) is 17.2. The van der Waals surface area contributed by atoms with Crippen molar-refractivity contribution in [2.45, 2.75) is 16.2 Å². The average Bonchev–Trinajstić information content (AvgIpc) is 3.24. The van der Waals surface area contributed by atoms with Crippen molar-refractivity contribution in [2.24, 2.45) is 0 Å². The molecule has 168 valence electrons. The Morgan fingerprint density at radius 2 is 1.78 bits per heavy atom. The van der Waals surface area contributed by atoms with E-state index in [1.165, 1.54) is 19.2 Å². The lowest BCUT2D eigenvalue weighted by Crippen LogP contribution is -2.38. The van der Waals surface area contributed by atoms with Crippen LogP contribution in [0.2, 0.25) is 0 Å². The molecule has 12 heteroatoms. The first-order valence-electron chi connectivity index (χ1n) is 9.27. The molecule has 0 unspecified atom stereocenters. The molecule has 1 aromatic heterocycles. The van der Waals surface area contributed by atoms with Gasteiger partial charge in [0.25, 0.3) is 10.0 Å². The highest BCUT2D eigenvalue weighted by Crippen LogP contribution is 2.28. The number of hydrogen-bond donors (Lipinski definition) is 1. The monoisotopic (exact) mass is 492 g/mol. The molecule has 1 heterocycles. The predicted octanol–water partition coefficient (Wildman–Crippen LogP) is 2.95. The van der Waals surface area contributed by atoms with Gasteiger partial charge in [0, 0.05) is 0 Å². The van der Waals surface area contributed by atoms with Crippen LogP contribution in [0.15, 0.2) is 63.8 Å². The second-order valence-corrected chi connectivity index (χ2v) is 10.5. The minimum Gasteiger partial charge on any atom is -0.468 e. The molecule has 0 bridgehead atoms. The lowest BCUT2D eigenvalue weighted by molar-refractivity contribution is -0.137. The van der Waals surface area contributed by atoms with Gasteiger partial charge in [0.1, 0.15) is 6.54 Å². The molecule has 0 fully saturated rings. The number of benzene rings is 2. The molecule has 3 rings (SSSR count). The van der Waals surface area contributed by atoms with E-state index >= 15 is 0 Å². The zero-order chi connectivity index (χ0) is 23.1. The van der Waals surface area contributed by atoms with E-state index in [9.17, 15) is 18.0 Å². The first-order chi connectivity index (χ1) is 15.3. The third kappa shape index (κ3) is 5.84. The number of sulfonamides is 1. The van der Waals surface area contributed by atoms with Gasteiger partial charge in [0.15, 0.2) is 4.34 Å². The van der Waals surface area contributed by atoms with E-state index in [-0.39, 0.29) is 15.8 Å². The number of para-hydroxylation sites is 1. The van der Waals surface area contributed by atoms with Gasteiger partial charge in [0.05, 0.1) is 23.4 Å². The molecule has 9 nitrogen and oxygen atoms in total. The van der Waals surface area contributed by atoms with Crippen LogP contribution in [0.5, 0.6) is 0 Å². The molecule has 0 radical (unpaired) electrons. The third-order valence-electron chi connectivity index (χ3n) is 4.20. The summed E-state index contributed by atoms with van der Waals surface area (Å²) in [5.74, 6) is -0.917. The Bertz CT molecular complexity index is 1200. The average molecular weight is 493 g/mol. The number of ether oxygens (including phenoxy) is 1. The molecule has 0 aliphatic carbocycles. The third-order valence-corrected chi connectivity index (χ3v) is 7.92. The molecule has 0 atom stereocenters. The van der Waals surface area contributed by atoms with Crippen LogP contribution in [-0.2, 0) is 24.3 Å². The Labute approximate surface area is 193 Å². The highest BCUT2D eigenvalue weighted by atomic mass is 32.2. The number of thioether (sulfide) groups is 1. The number of rotatable bonds is 9. The van der Waals surface area contributed by atoms with E-state index in [1.54, 1.807) is 49.4 Å². The van der Waals surface area contributed by atoms with Gasteiger partial charge in [-0.1, -0.05) is 59.5 Å². The summed E-state index contributed by atoms with van der Waals surface area (Å²) < 4.78 is 32.8. The van der Waals surface area contributed by atoms with Gasteiger partial charge in [-0.05, 0) is 30.7 Å². The van der Waals surface area contributed by atoms with E-state index < -0.39 is 28.4 Å². The molecule has 0 saturated carbocycles. The number of nitrogens with zero attached hydrogens (tertiary/aromatic N) is 3. The summed E-state index contributed by atoms with van der Waals surface area (Å²) in [7, 11) is -2.71. The highest BCUT2D eigenvalue weighted by molar-refractivity contribution is 8.01. The van der Waals surface area contributed by atoms with Crippen molar-refractivity contribution in [3.63, 3.8) is 0 Å². The SMILES string of the molecule is COC(=O)CSc1nnc(NC(=O)CN(c2ccccc2C)S(=O)(=O)c2ccccc2)s1. The fourth-order valence-electron chi connectivity index (χ4n) is 2.65. The Hall–Kier alpha value is -2.96. The quantitative estimate of drug-likeness (QED) is 0.275. The van der Waals surface area contributed by atoms with Crippen molar-refractivity contribution in [3.05, 3.63) is 60.2 Å². The summed E-state index contributed by atoms with van der Waals surface area (Å²) in [5.41, 5.74) is 1.11. The second kappa shape index (κ2) is 10.6. The number of carbonyl (C=O) groups excluding carboxylic acids is 2. The second-order valence-electron chi connectivity index (χ2n) is 6.40. The van der Waals surface area contributed by atoms with Crippen molar-refractivity contribution in [2.75, 3.05) is 29.0 Å². The standard InChI is InChI=1S/C20H20N4O5S3/c1-14-8-6-7-11-16(14)24(32(27,28)15-9-4-3-5-10-15)12-17(25)21-19-22-23-20(31-19)30-13-18(26)29-2/h3-11H,12-13H2,1-2H3,(H,21,22,25). The fourth-order valence-corrected chi connectivity index (χ4v) is 5.76. The van der Waals surface area contributed by atoms with Crippen LogP contribution in [0.1, 0.15) is 5.56 Å². The molecule has 0 aliphatic heterocycles. The Balaban J connectivity index is 1.80. The molecule has 2 aromatic carbocycles. The van der Waals surface area contributed by atoms with Gasteiger partial charge in [-0.2, -0.15) is 0 Å². The van der Waals surface area contributed by atoms with Crippen molar-refractivity contribution in [1.29, 1.82) is 0 Å². The Morgan fingerprint density at radius 3 is 2.47 bits per heavy atom. The number of hydrogen-bond acceptors (Lipinski definition) is 9. The number of methoxy groups -OCH3 is 1. The predicted molar refractivity (Wildman–Crippen MR) is 123 cm³/mol. The highest BCUT2D eigenvalue weighted by Gasteiger charge is 2.28. The minimum absolute atomic E-state index is 0.0649. The van der Waals surface area contributed by atoms with E-state index in [1.807, 2.05) is 0 Å². The largest absolute Gasteiger partial charge is 0.468 e. The van der Waals surface area contributed by atoms with Crippen molar-refractivity contribution >= 4 is 55.8 Å². The van der Waals surface area contributed by atoms with Crippen molar-refractivity contribution in [1.82, 2.24) is 10.2 Å². The molecule has 3 aromatic rings. The minimum atomic E-state index is -4.00. The first kappa shape index (κ1) is 23.7. The van der Waals surface area contributed by atoms with Gasteiger partial charge in [-0.25, -0.2) is 8.42 Å². The smallest absolute Gasteiger partial charge is 0.316 e. The number of anilines is 2. The van der Waals surface area contributed by atoms with Gasteiger partial charge in [0.2, 0.25) is 11.0 Å². The van der Waals surface area contributed by atoms with Crippen molar-refractivity contribution in [3.8, 4) is 0 Å². The summed E-state index contributed by atoms with van der Waals surface area (Å²) >= 11 is 2.20. The topological polar surface area (TPSA) is 119 Å². The van der Waals surface area contributed by atoms with Crippen LogP contribution >= 0.6 is 23.1 Å². The number of carbonyl (C=O) groups is 2. The number of aromatic nitrogens is 2. The molecule has 1 amide bonds. The van der Waals surface area contributed by atoms with E-state index in [0.29, 0.717) is 15.6 Å². The number of aryl methyl sites for hydroxylation is 1. The van der Waals surface area contributed by atoms with Crippen LogP contribution in [0, 0.1) is 6.92 Å². The maximum atomic E-state index is 13.3. The van der Waals surface area contributed by atoms with Crippen LogP contribution in [0.4, 0.5) is 10.8 Å². The molecule has 32 heavy (non-hydrogen) atoms. The molecule has 0 saturated heterocycles. The summed E-state index contributed by atoms with van der Waals surface area (Å²) in [4.78, 5) is 24.1. The molecular formula is C20H20N4O5S3. The van der Waals surface area contributed by atoms with Gasteiger partial charge in [-0.15, -0.1) is 10.2 Å². The summed E-state index contributed by atoms with van der Waals surface area (Å²) in [6, 6.07) is 14.9. The summed E-state index contributed by atoms with van der Waals surface area (Å²) in [5, 5.41) is 10.5. The Kier molecular flexibility index (Phi) is 7.83. The van der Waals surface area contributed by atoms with Crippen LogP contribution < -0.4 is 9.62 Å². The maximum absolute atomic E-state index is 13.3. The lowest BCUT2D eigenvalue weighted by Gasteiger charge is -2.25. The van der Waals surface area contributed by atoms with Crippen LogP contribution in [0.3, 0.4) is 0 Å². The van der Waals surface area contributed by atoms with Crippen LogP contribution in [-0.4, -0.2) is 49.9 Å². The van der Waals surface area contributed by atoms with E-state index in [2.05, 4.69) is 20.3 Å².